The van der Waals surface area contributed by atoms with Crippen LogP contribution in [0.2, 0.25) is 0 Å². The first kappa shape index (κ1) is 19.7. The van der Waals surface area contributed by atoms with Gasteiger partial charge in [0.05, 0.1) is 11.9 Å². The van der Waals surface area contributed by atoms with Gasteiger partial charge in [0.2, 0.25) is 11.9 Å². The lowest BCUT2D eigenvalue weighted by Gasteiger charge is -2.36. The van der Waals surface area contributed by atoms with Gasteiger partial charge in [-0.2, -0.15) is 0 Å². The molecule has 0 aliphatic heterocycles. The fourth-order valence-electron chi connectivity index (χ4n) is 4.09. The van der Waals surface area contributed by atoms with E-state index in [2.05, 4.69) is 25.6 Å². The van der Waals surface area contributed by atoms with E-state index in [0.29, 0.717) is 30.0 Å². The summed E-state index contributed by atoms with van der Waals surface area (Å²) in [6, 6.07) is 3.80. The van der Waals surface area contributed by atoms with Gasteiger partial charge in [-0.3, -0.25) is 9.78 Å². The number of nitrogens with one attached hydrogen (secondary N) is 2. The van der Waals surface area contributed by atoms with Crippen LogP contribution in [0.15, 0.2) is 24.5 Å². The van der Waals surface area contributed by atoms with Crippen molar-refractivity contribution in [2.75, 3.05) is 5.32 Å². The summed E-state index contributed by atoms with van der Waals surface area (Å²) in [6.45, 7) is 1.53. The zero-order chi connectivity index (χ0) is 20.4. The molecule has 2 aliphatic carbocycles. The van der Waals surface area contributed by atoms with Crippen LogP contribution in [0.25, 0.3) is 11.3 Å². The van der Waals surface area contributed by atoms with Gasteiger partial charge in [-0.05, 0) is 57.1 Å². The second kappa shape index (κ2) is 8.02. The highest BCUT2D eigenvalue weighted by Crippen LogP contribution is 2.40. The van der Waals surface area contributed by atoms with E-state index in [1.807, 2.05) is 0 Å². The number of rotatable bonds is 5. The van der Waals surface area contributed by atoms with Gasteiger partial charge in [-0.25, -0.2) is 14.4 Å². The first-order chi connectivity index (χ1) is 13.9. The maximum atomic E-state index is 14.5. The number of aromatic nitrogens is 3. The number of pyridine rings is 1. The van der Waals surface area contributed by atoms with Crippen molar-refractivity contribution in [3.8, 4) is 11.3 Å². The van der Waals surface area contributed by atoms with E-state index < -0.39 is 11.4 Å². The Morgan fingerprint density at radius 3 is 2.59 bits per heavy atom. The Kier molecular flexibility index (Phi) is 5.45. The third-order valence-electron chi connectivity index (χ3n) is 5.90. The van der Waals surface area contributed by atoms with Crippen LogP contribution in [0.3, 0.4) is 0 Å². The molecule has 0 spiro atoms. The molecule has 2 heterocycles. The van der Waals surface area contributed by atoms with Gasteiger partial charge in [0.1, 0.15) is 11.3 Å². The zero-order valence-corrected chi connectivity index (χ0v) is 16.5. The lowest BCUT2D eigenvalue weighted by Crippen LogP contribution is -2.39. The maximum absolute atomic E-state index is 14.5. The lowest BCUT2D eigenvalue weighted by molar-refractivity contribution is -0.119. The number of anilines is 1. The second-order valence-corrected chi connectivity index (χ2v) is 8.10. The molecule has 0 unspecified atom stereocenters. The number of aliphatic hydroxyl groups is 1. The van der Waals surface area contributed by atoms with Crippen molar-refractivity contribution in [2.24, 2.45) is 0 Å². The number of carbonyl (C=O) groups is 1. The summed E-state index contributed by atoms with van der Waals surface area (Å²) in [5, 5.41) is 16.8. The average molecular weight is 399 g/mol. The molecule has 2 aliphatic rings. The van der Waals surface area contributed by atoms with E-state index >= 15 is 0 Å². The Hall–Kier alpha value is -2.61. The number of carbonyl (C=O) groups excluding carboxylic acids is 1. The Bertz CT molecular complexity index is 894. The van der Waals surface area contributed by atoms with Gasteiger partial charge in [0, 0.05) is 30.8 Å². The number of hydrogen-bond donors (Lipinski definition) is 3. The average Bonchev–Trinajstić information content (AvgIpc) is 2.69. The highest BCUT2D eigenvalue weighted by Gasteiger charge is 2.37. The zero-order valence-electron chi connectivity index (χ0n) is 16.5. The number of halogens is 1. The Morgan fingerprint density at radius 1 is 1.21 bits per heavy atom. The molecule has 4 rings (SSSR count). The molecule has 0 saturated heterocycles. The summed E-state index contributed by atoms with van der Waals surface area (Å²) < 4.78 is 14.5. The van der Waals surface area contributed by atoms with Crippen molar-refractivity contribution >= 4 is 11.9 Å². The number of amides is 1. The molecular formula is C21H26FN5O2. The van der Waals surface area contributed by atoms with Crippen molar-refractivity contribution in [1.82, 2.24) is 20.3 Å². The molecule has 0 aromatic carbocycles. The van der Waals surface area contributed by atoms with E-state index in [1.54, 1.807) is 18.3 Å². The fourth-order valence-corrected chi connectivity index (χ4v) is 4.09. The molecule has 154 valence electrons. The lowest BCUT2D eigenvalue weighted by atomic mass is 9.77. The standard InChI is InChI=1S/C21H26FN5O2/c1-13(28)25-15-3-5-16(6-4-15)26-20-24-12-17(22)19(27-20)14-7-10-23-18(11-14)21(29)8-2-9-21/h7,10-12,15-16,29H,2-6,8-9H2,1H3,(H,25,28)(H,24,26,27). The summed E-state index contributed by atoms with van der Waals surface area (Å²) in [4.78, 5) is 24.0. The molecule has 29 heavy (non-hydrogen) atoms. The molecular weight excluding hydrogens is 373 g/mol. The van der Waals surface area contributed by atoms with Crippen molar-refractivity contribution in [1.29, 1.82) is 0 Å². The van der Waals surface area contributed by atoms with Crippen LogP contribution in [0.4, 0.5) is 10.3 Å². The highest BCUT2D eigenvalue weighted by atomic mass is 19.1. The maximum Gasteiger partial charge on any atom is 0.223 e. The summed E-state index contributed by atoms with van der Waals surface area (Å²) in [6.07, 6.45) is 8.59. The van der Waals surface area contributed by atoms with Crippen LogP contribution in [0.5, 0.6) is 0 Å². The molecule has 2 aromatic rings. The predicted molar refractivity (Wildman–Crippen MR) is 106 cm³/mol. The highest BCUT2D eigenvalue weighted by molar-refractivity contribution is 5.73. The SMILES string of the molecule is CC(=O)NC1CCC(Nc2ncc(F)c(-c3ccnc(C4(O)CCC4)c3)n2)CC1. The van der Waals surface area contributed by atoms with Gasteiger partial charge < -0.3 is 15.7 Å². The molecule has 0 radical (unpaired) electrons. The summed E-state index contributed by atoms with van der Waals surface area (Å²) in [5.74, 6) is -0.135. The third-order valence-corrected chi connectivity index (χ3v) is 5.90. The normalized spacial score (nSPS) is 23.1. The molecule has 3 N–H and O–H groups in total. The van der Waals surface area contributed by atoms with Crippen molar-refractivity contribution < 1.29 is 14.3 Å². The third kappa shape index (κ3) is 4.37. The molecule has 1 amide bonds. The van der Waals surface area contributed by atoms with Crippen molar-refractivity contribution in [2.45, 2.75) is 69.6 Å². The molecule has 0 bridgehead atoms. The van der Waals surface area contributed by atoms with Gasteiger partial charge >= 0.3 is 0 Å². The summed E-state index contributed by atoms with van der Waals surface area (Å²) in [7, 11) is 0. The molecule has 7 nitrogen and oxygen atoms in total. The Balaban J connectivity index is 1.47. The van der Waals surface area contributed by atoms with Crippen LogP contribution in [-0.4, -0.2) is 38.0 Å². The van der Waals surface area contributed by atoms with E-state index in [1.165, 1.54) is 13.1 Å². The molecule has 8 heteroatoms. The largest absolute Gasteiger partial charge is 0.384 e. The molecule has 2 fully saturated rings. The molecule has 0 atom stereocenters. The van der Waals surface area contributed by atoms with E-state index in [0.717, 1.165) is 32.1 Å². The van der Waals surface area contributed by atoms with Gasteiger partial charge in [-0.15, -0.1) is 0 Å². The number of hydrogen-bond acceptors (Lipinski definition) is 6. The minimum absolute atomic E-state index is 0.00352. The monoisotopic (exact) mass is 399 g/mol. The predicted octanol–water partition coefficient (Wildman–Crippen LogP) is 2.91. The first-order valence-electron chi connectivity index (χ1n) is 10.2. The summed E-state index contributed by atoms with van der Waals surface area (Å²) in [5.41, 5.74) is 0.423. The van der Waals surface area contributed by atoms with Crippen molar-refractivity contribution in [3.05, 3.63) is 36.0 Å². The van der Waals surface area contributed by atoms with Crippen LogP contribution in [0, 0.1) is 5.82 Å². The molecule has 2 saturated carbocycles. The van der Waals surface area contributed by atoms with Crippen molar-refractivity contribution in [3.63, 3.8) is 0 Å². The topological polar surface area (TPSA) is 100 Å². The van der Waals surface area contributed by atoms with Crippen LogP contribution >= 0.6 is 0 Å². The van der Waals surface area contributed by atoms with Gasteiger partial charge in [0.25, 0.3) is 0 Å². The van der Waals surface area contributed by atoms with E-state index in [4.69, 9.17) is 0 Å². The van der Waals surface area contributed by atoms with E-state index in [-0.39, 0.29) is 23.7 Å². The van der Waals surface area contributed by atoms with Gasteiger partial charge in [-0.1, -0.05) is 0 Å². The smallest absolute Gasteiger partial charge is 0.223 e. The quantitative estimate of drug-likeness (QED) is 0.715. The second-order valence-electron chi connectivity index (χ2n) is 8.10. The minimum Gasteiger partial charge on any atom is -0.384 e. The minimum atomic E-state index is -0.910. The summed E-state index contributed by atoms with van der Waals surface area (Å²) >= 11 is 0. The fraction of sp³-hybridized carbons (Fsp3) is 0.524. The van der Waals surface area contributed by atoms with E-state index in [9.17, 15) is 14.3 Å². The van der Waals surface area contributed by atoms with Crippen LogP contribution in [-0.2, 0) is 10.4 Å². The number of nitrogens with zero attached hydrogens (tertiary/aromatic N) is 3. The Labute approximate surface area is 169 Å². The van der Waals surface area contributed by atoms with Gasteiger partial charge in [0.15, 0.2) is 5.82 Å². The Morgan fingerprint density at radius 2 is 1.93 bits per heavy atom. The van der Waals surface area contributed by atoms with Crippen LogP contribution in [0.1, 0.15) is 57.6 Å². The van der Waals surface area contributed by atoms with Crippen LogP contribution < -0.4 is 10.6 Å². The first-order valence-corrected chi connectivity index (χ1v) is 10.2. The molecule has 2 aromatic heterocycles.